The van der Waals surface area contributed by atoms with Crippen LogP contribution in [0.15, 0.2) is 28.4 Å². The van der Waals surface area contributed by atoms with Crippen LogP contribution < -0.4 is 0 Å². The summed E-state index contributed by atoms with van der Waals surface area (Å²) < 4.78 is 13.2. The molecule has 126 valence electrons. The van der Waals surface area contributed by atoms with Crippen LogP contribution in [0.5, 0.6) is 5.88 Å². The average Bonchev–Trinajstić information content (AvgIpc) is 2.70. The van der Waals surface area contributed by atoms with Crippen molar-refractivity contribution in [2.24, 2.45) is 10.2 Å². The summed E-state index contributed by atoms with van der Waals surface area (Å²) in [5.41, 5.74) is 0.428. The van der Waals surface area contributed by atoms with Gasteiger partial charge in [0.2, 0.25) is 11.8 Å². The van der Waals surface area contributed by atoms with Crippen LogP contribution in [0.25, 0.3) is 10.9 Å². The highest BCUT2D eigenvalue weighted by Gasteiger charge is 2.19. The summed E-state index contributed by atoms with van der Waals surface area (Å²) in [6.07, 6.45) is 3.12. The van der Waals surface area contributed by atoms with E-state index in [9.17, 15) is 19.1 Å². The quantitative estimate of drug-likeness (QED) is 0.845. The molecule has 0 atom stereocenters. The Labute approximate surface area is 137 Å². The molecule has 1 aliphatic rings. The average molecular weight is 332 g/mol. The van der Waals surface area contributed by atoms with Gasteiger partial charge in [-0.2, -0.15) is 0 Å². The zero-order valence-corrected chi connectivity index (χ0v) is 13.0. The molecule has 24 heavy (non-hydrogen) atoms. The van der Waals surface area contributed by atoms with Crippen LogP contribution in [0.1, 0.15) is 25.7 Å². The number of amides is 2. The second-order valence-corrected chi connectivity index (χ2v) is 5.73. The third-order valence-corrected chi connectivity index (χ3v) is 3.97. The number of aromatic amines is 1. The second kappa shape index (κ2) is 6.77. The van der Waals surface area contributed by atoms with E-state index >= 15 is 0 Å². The zero-order chi connectivity index (χ0) is 17.1. The lowest BCUT2D eigenvalue weighted by molar-refractivity contribution is -0.134. The van der Waals surface area contributed by atoms with Crippen LogP contribution in [-0.2, 0) is 9.59 Å². The van der Waals surface area contributed by atoms with Gasteiger partial charge in [0.15, 0.2) is 5.69 Å². The number of aromatic hydroxyl groups is 1. The fraction of sp³-hybridized carbons (Fsp3) is 0.375. The summed E-state index contributed by atoms with van der Waals surface area (Å²) in [6.45, 7) is 0.414. The van der Waals surface area contributed by atoms with Gasteiger partial charge in [0.05, 0.1) is 5.52 Å². The van der Waals surface area contributed by atoms with Gasteiger partial charge in [-0.25, -0.2) is 4.39 Å². The Bertz CT molecular complexity index is 815. The fourth-order valence-electron chi connectivity index (χ4n) is 2.75. The summed E-state index contributed by atoms with van der Waals surface area (Å²) in [5.74, 6) is -1.37. The molecule has 1 saturated heterocycles. The first-order chi connectivity index (χ1) is 11.5. The maximum absolute atomic E-state index is 13.2. The Morgan fingerprint density at radius 3 is 3.00 bits per heavy atom. The van der Waals surface area contributed by atoms with Crippen molar-refractivity contribution in [3.8, 4) is 5.88 Å². The summed E-state index contributed by atoms with van der Waals surface area (Å²) in [6, 6.07) is 3.89. The first kappa shape index (κ1) is 16.1. The molecule has 0 aliphatic carbocycles. The van der Waals surface area contributed by atoms with Gasteiger partial charge in [-0.3, -0.25) is 9.59 Å². The molecule has 1 fully saturated rings. The maximum Gasteiger partial charge on any atom is 0.283 e. The van der Waals surface area contributed by atoms with Crippen molar-refractivity contribution in [2.75, 3.05) is 13.1 Å². The Morgan fingerprint density at radius 2 is 2.17 bits per heavy atom. The van der Waals surface area contributed by atoms with Crippen molar-refractivity contribution < 1.29 is 19.1 Å². The van der Waals surface area contributed by atoms with Gasteiger partial charge < -0.3 is 15.0 Å². The highest BCUT2D eigenvalue weighted by atomic mass is 19.1. The Kier molecular flexibility index (Phi) is 4.54. The van der Waals surface area contributed by atoms with E-state index in [1.807, 2.05) is 0 Å². The molecular weight excluding hydrogens is 315 g/mol. The van der Waals surface area contributed by atoms with Crippen molar-refractivity contribution in [3.05, 3.63) is 24.0 Å². The number of halogens is 1. The summed E-state index contributed by atoms with van der Waals surface area (Å²) in [5, 5.41) is 17.6. The summed E-state index contributed by atoms with van der Waals surface area (Å²) in [4.78, 5) is 27.9. The summed E-state index contributed by atoms with van der Waals surface area (Å²) >= 11 is 0. The number of azo groups is 1. The molecule has 2 heterocycles. The normalized spacial score (nSPS) is 16.0. The molecule has 2 N–H and O–H groups in total. The van der Waals surface area contributed by atoms with Crippen molar-refractivity contribution in [1.29, 1.82) is 0 Å². The molecule has 1 aromatic heterocycles. The molecule has 1 aliphatic heterocycles. The topological polar surface area (TPSA) is 98.1 Å². The van der Waals surface area contributed by atoms with E-state index in [0.29, 0.717) is 23.9 Å². The lowest BCUT2D eigenvalue weighted by atomic mass is 10.2. The van der Waals surface area contributed by atoms with Crippen LogP contribution in [0.3, 0.4) is 0 Å². The Hall–Kier alpha value is -2.77. The molecule has 1 aromatic carbocycles. The molecular formula is C16H17FN4O3. The molecule has 2 amide bonds. The van der Waals surface area contributed by atoms with Crippen LogP contribution in [0.4, 0.5) is 10.1 Å². The van der Waals surface area contributed by atoms with E-state index in [4.69, 9.17) is 0 Å². The number of nitrogens with one attached hydrogen (secondary N) is 1. The fourth-order valence-corrected chi connectivity index (χ4v) is 2.75. The van der Waals surface area contributed by atoms with Crippen LogP contribution in [0, 0.1) is 5.82 Å². The van der Waals surface area contributed by atoms with Gasteiger partial charge in [0.25, 0.3) is 5.91 Å². The van der Waals surface area contributed by atoms with Crippen molar-refractivity contribution in [2.45, 2.75) is 25.7 Å². The van der Waals surface area contributed by atoms with E-state index in [-0.39, 0.29) is 24.0 Å². The molecule has 7 nitrogen and oxygen atoms in total. The van der Waals surface area contributed by atoms with Crippen molar-refractivity contribution in [1.82, 2.24) is 9.88 Å². The summed E-state index contributed by atoms with van der Waals surface area (Å²) in [7, 11) is 0. The number of fused-ring (bicyclic) bond motifs is 1. The lowest BCUT2D eigenvalue weighted by Crippen LogP contribution is -2.34. The van der Waals surface area contributed by atoms with Crippen LogP contribution in [-0.4, -0.2) is 39.9 Å². The predicted octanol–water partition coefficient (Wildman–Crippen LogP) is 3.03. The Morgan fingerprint density at radius 1 is 1.33 bits per heavy atom. The number of likely N-dealkylation sites (tertiary alicyclic amines) is 1. The molecule has 0 unspecified atom stereocenters. The van der Waals surface area contributed by atoms with Crippen LogP contribution in [0.2, 0.25) is 0 Å². The zero-order valence-electron chi connectivity index (χ0n) is 13.0. The standard InChI is InChI=1S/C16H17FN4O3/c17-10-5-6-11-12(8-10)18-16(24)15(11)20-19-13(22)9-21-7-3-1-2-4-14(21)23/h5-6,8,18,24H,1-4,7,9H2. The molecule has 2 aromatic rings. The molecule has 8 heteroatoms. The molecule has 0 spiro atoms. The molecule has 0 bridgehead atoms. The second-order valence-electron chi connectivity index (χ2n) is 5.73. The smallest absolute Gasteiger partial charge is 0.283 e. The van der Waals surface area contributed by atoms with E-state index in [2.05, 4.69) is 15.2 Å². The highest BCUT2D eigenvalue weighted by molar-refractivity contribution is 5.94. The number of rotatable bonds is 3. The number of carbonyl (C=O) groups is 2. The van der Waals surface area contributed by atoms with E-state index in [1.165, 1.54) is 23.1 Å². The lowest BCUT2D eigenvalue weighted by Gasteiger charge is -2.17. The Balaban J connectivity index is 1.74. The third-order valence-electron chi connectivity index (χ3n) is 3.97. The number of nitrogens with zero attached hydrogens (tertiary/aromatic N) is 3. The molecule has 0 saturated carbocycles. The monoisotopic (exact) mass is 332 g/mol. The maximum atomic E-state index is 13.2. The van der Waals surface area contributed by atoms with Gasteiger partial charge in [0, 0.05) is 18.4 Å². The molecule has 0 radical (unpaired) electrons. The van der Waals surface area contributed by atoms with Gasteiger partial charge in [-0.1, -0.05) is 6.42 Å². The van der Waals surface area contributed by atoms with Crippen LogP contribution >= 0.6 is 0 Å². The van der Waals surface area contributed by atoms with E-state index < -0.39 is 11.7 Å². The van der Waals surface area contributed by atoms with Gasteiger partial charge >= 0.3 is 0 Å². The number of benzene rings is 1. The minimum absolute atomic E-state index is 0.0542. The first-order valence-corrected chi connectivity index (χ1v) is 7.77. The van der Waals surface area contributed by atoms with E-state index in [1.54, 1.807) is 0 Å². The third kappa shape index (κ3) is 3.42. The van der Waals surface area contributed by atoms with Crippen molar-refractivity contribution in [3.63, 3.8) is 0 Å². The largest absolute Gasteiger partial charge is 0.493 e. The number of aromatic nitrogens is 1. The predicted molar refractivity (Wildman–Crippen MR) is 84.5 cm³/mol. The highest BCUT2D eigenvalue weighted by Crippen LogP contribution is 2.35. The SMILES string of the molecule is O=C(CN1CCCCCC1=O)N=Nc1c(O)[nH]c2cc(F)ccc12. The number of carbonyl (C=O) groups excluding carboxylic acids is 2. The molecule has 3 rings (SSSR count). The number of H-pyrrole nitrogens is 1. The van der Waals surface area contributed by atoms with Crippen molar-refractivity contribution >= 4 is 28.4 Å². The minimum atomic E-state index is -0.568. The first-order valence-electron chi connectivity index (χ1n) is 7.77. The van der Waals surface area contributed by atoms with E-state index in [0.717, 1.165) is 19.3 Å². The number of hydrogen-bond donors (Lipinski definition) is 2. The van der Waals surface area contributed by atoms with Gasteiger partial charge in [-0.15, -0.1) is 10.2 Å². The number of hydrogen-bond acceptors (Lipinski definition) is 4. The van der Waals surface area contributed by atoms with Gasteiger partial charge in [-0.05, 0) is 31.0 Å². The van der Waals surface area contributed by atoms with Gasteiger partial charge in [0.1, 0.15) is 12.4 Å². The minimum Gasteiger partial charge on any atom is -0.493 e.